The molecule has 0 spiro atoms. The molecule has 0 aromatic heterocycles. The summed E-state index contributed by atoms with van der Waals surface area (Å²) in [5, 5.41) is 10.6. The summed E-state index contributed by atoms with van der Waals surface area (Å²) in [4.78, 5) is 73.0. The maximum absolute atomic E-state index is 13.1. The average molecular weight is 1450 g/mol. The second kappa shape index (κ2) is 73.5. The van der Waals surface area contributed by atoms with Gasteiger partial charge in [0.05, 0.1) is 26.4 Å². The fourth-order valence-corrected chi connectivity index (χ4v) is 12.3. The van der Waals surface area contributed by atoms with Crippen LogP contribution < -0.4 is 0 Å². The lowest BCUT2D eigenvalue weighted by atomic mass is 10.1. The third-order valence-electron chi connectivity index (χ3n) is 16.9. The Labute approximate surface area is 608 Å². The van der Waals surface area contributed by atoms with Crippen molar-refractivity contribution in [3.8, 4) is 0 Å². The molecule has 0 fully saturated rings. The van der Waals surface area contributed by atoms with Gasteiger partial charge in [-0.05, 0) is 135 Å². The van der Waals surface area contributed by atoms with Crippen molar-refractivity contribution in [1.82, 2.24) is 0 Å². The molecule has 0 rings (SSSR count). The normalized spacial score (nSPS) is 14.3. The molecule has 3 N–H and O–H groups in total. The van der Waals surface area contributed by atoms with Crippen LogP contribution in [0.15, 0.2) is 85.1 Å². The predicted octanol–water partition coefficient (Wildman–Crippen LogP) is 23.0. The Balaban J connectivity index is 5.39. The molecule has 0 saturated carbocycles. The van der Waals surface area contributed by atoms with E-state index in [0.717, 1.165) is 161 Å². The maximum atomic E-state index is 13.1. The van der Waals surface area contributed by atoms with E-state index in [4.69, 9.17) is 37.0 Å². The van der Waals surface area contributed by atoms with Gasteiger partial charge in [-0.25, -0.2) is 9.13 Å². The van der Waals surface area contributed by atoms with Gasteiger partial charge in [-0.1, -0.05) is 273 Å². The first kappa shape index (κ1) is 96.2. The second-order valence-corrected chi connectivity index (χ2v) is 29.6. The number of unbranched alkanes of at least 4 members (excludes halogenated alkanes) is 37. The third-order valence-corrected chi connectivity index (χ3v) is 18.8. The molecule has 5 atom stereocenters. The average Bonchev–Trinajstić information content (AvgIpc) is 1.01. The fraction of sp³-hybridized carbons (Fsp3) is 0.778. The summed E-state index contributed by atoms with van der Waals surface area (Å²) in [7, 11) is -9.96. The van der Waals surface area contributed by atoms with Gasteiger partial charge in [0.15, 0.2) is 12.2 Å². The number of ether oxygens (including phenoxy) is 4. The molecule has 19 heteroatoms. The molecule has 0 aliphatic carbocycles. The maximum Gasteiger partial charge on any atom is 0.472 e. The highest BCUT2D eigenvalue weighted by Crippen LogP contribution is 2.45. The first-order chi connectivity index (χ1) is 48.7. The van der Waals surface area contributed by atoms with Gasteiger partial charge in [0.2, 0.25) is 0 Å². The van der Waals surface area contributed by atoms with Crippen molar-refractivity contribution in [2.24, 2.45) is 0 Å². The SMILES string of the molecule is CCCCC/C=C\C/C=C\CCCCCCCC(=O)OC[C@H](COP(=O)(O)OC[C@@H](O)COP(=O)(O)OC[C@@H](COC(=O)CCCCCCC/C=C\C=C/CCCCCC)OC(=O)CCCCCCC/C=C\CCCCCCCC)OC(=O)CCCCCCC/C=C\C=C/CCCCCC. The largest absolute Gasteiger partial charge is 0.472 e. The van der Waals surface area contributed by atoms with E-state index in [1.807, 2.05) is 0 Å². The lowest BCUT2D eigenvalue weighted by Gasteiger charge is -2.21. The van der Waals surface area contributed by atoms with Crippen molar-refractivity contribution in [3.63, 3.8) is 0 Å². The molecular weight excluding hydrogens is 1310 g/mol. The van der Waals surface area contributed by atoms with Gasteiger partial charge < -0.3 is 33.8 Å². The van der Waals surface area contributed by atoms with Crippen LogP contribution in [0.3, 0.4) is 0 Å². The fourth-order valence-electron chi connectivity index (χ4n) is 10.7. The van der Waals surface area contributed by atoms with Crippen LogP contribution in [0.2, 0.25) is 0 Å². The van der Waals surface area contributed by atoms with Gasteiger partial charge >= 0.3 is 39.5 Å². The van der Waals surface area contributed by atoms with Gasteiger partial charge in [-0.3, -0.25) is 37.3 Å². The second-order valence-electron chi connectivity index (χ2n) is 26.7. The first-order valence-corrected chi connectivity index (χ1v) is 42.9. The monoisotopic (exact) mass is 1450 g/mol. The highest BCUT2D eigenvalue weighted by molar-refractivity contribution is 7.47. The summed E-state index contributed by atoms with van der Waals surface area (Å²) in [5.41, 5.74) is 0. The number of aliphatic hydroxyl groups is 1. The Bertz CT molecular complexity index is 2230. The van der Waals surface area contributed by atoms with Crippen LogP contribution in [0, 0.1) is 0 Å². The Morgan fingerprint density at radius 3 is 0.840 bits per heavy atom. The van der Waals surface area contributed by atoms with Gasteiger partial charge in [0.25, 0.3) is 0 Å². The van der Waals surface area contributed by atoms with Crippen molar-refractivity contribution >= 4 is 39.5 Å². The summed E-state index contributed by atoms with van der Waals surface area (Å²) < 4.78 is 68.6. The smallest absolute Gasteiger partial charge is 0.462 e. The summed E-state index contributed by atoms with van der Waals surface area (Å²) in [5.74, 6) is -2.21. The van der Waals surface area contributed by atoms with Crippen molar-refractivity contribution in [3.05, 3.63) is 85.1 Å². The highest BCUT2D eigenvalue weighted by Gasteiger charge is 2.30. The molecule has 0 aliphatic heterocycles. The summed E-state index contributed by atoms with van der Waals surface area (Å²) in [6.45, 7) is 4.79. The minimum Gasteiger partial charge on any atom is -0.462 e. The molecular formula is C81H144O17P2. The number of allylic oxidation sites excluding steroid dienone is 14. The summed E-state index contributed by atoms with van der Waals surface area (Å²) in [6.07, 6.45) is 75.5. The third kappa shape index (κ3) is 72.6. The first-order valence-electron chi connectivity index (χ1n) is 39.9. The van der Waals surface area contributed by atoms with Crippen LogP contribution in [-0.2, 0) is 65.4 Å². The molecule has 0 heterocycles. The molecule has 0 saturated heterocycles. The zero-order chi connectivity index (χ0) is 73.2. The van der Waals surface area contributed by atoms with E-state index in [1.54, 1.807) is 0 Å². The van der Waals surface area contributed by atoms with E-state index < -0.39 is 97.5 Å². The molecule has 17 nitrogen and oxygen atoms in total. The standard InChI is InChI=1S/C81H144O17P2/c1-5-9-13-17-21-25-29-33-37-41-45-49-53-57-61-65-78(83)91-71-76(97-80(85)67-63-59-55-51-47-43-39-35-31-27-23-19-15-11-7-3)73-95-99(87,88)93-69-75(82)70-94-100(89,90)96-74-77(98-81(86)68-64-60-56-52-48-44-40-36-32-28-24-20-16-12-8-4)72-92-79(84)66-62-58-54-50-46-42-38-34-30-26-22-18-14-10-6-2/h21,25-27,30-31,33-40,75-77,82H,5-20,22-24,28-29,32,41-74H2,1-4H3,(H,87,88)(H,89,90)/b25-21-,30-26-,31-27-,37-33-,38-34-,39-35-,40-36-/t75-,76-,77-/m1/s1. The van der Waals surface area contributed by atoms with Crippen LogP contribution in [-0.4, -0.2) is 96.7 Å². The number of carbonyl (C=O) groups excluding carboxylic acids is 4. The lowest BCUT2D eigenvalue weighted by Crippen LogP contribution is -2.30. The molecule has 100 heavy (non-hydrogen) atoms. The van der Waals surface area contributed by atoms with E-state index in [9.17, 15) is 43.2 Å². The Kier molecular flexibility index (Phi) is 70.8. The zero-order valence-corrected chi connectivity index (χ0v) is 65.2. The van der Waals surface area contributed by atoms with Crippen LogP contribution in [0.4, 0.5) is 0 Å². The minimum atomic E-state index is -4.98. The number of phosphoric acid groups is 2. The Morgan fingerprint density at radius 1 is 0.290 bits per heavy atom. The van der Waals surface area contributed by atoms with E-state index in [-0.39, 0.29) is 25.7 Å². The van der Waals surface area contributed by atoms with Gasteiger partial charge in [0, 0.05) is 25.7 Å². The number of hydrogen-bond donors (Lipinski definition) is 3. The molecule has 0 aromatic rings. The minimum absolute atomic E-state index is 0.0752. The molecule has 580 valence electrons. The predicted molar refractivity (Wildman–Crippen MR) is 409 cm³/mol. The van der Waals surface area contributed by atoms with Gasteiger partial charge in [0.1, 0.15) is 19.3 Å². The number of hydrogen-bond acceptors (Lipinski definition) is 15. The van der Waals surface area contributed by atoms with Crippen molar-refractivity contribution in [2.75, 3.05) is 39.6 Å². The zero-order valence-electron chi connectivity index (χ0n) is 63.4. The lowest BCUT2D eigenvalue weighted by molar-refractivity contribution is -0.161. The summed E-state index contributed by atoms with van der Waals surface area (Å²) in [6, 6.07) is 0. The van der Waals surface area contributed by atoms with E-state index in [2.05, 4.69) is 113 Å². The van der Waals surface area contributed by atoms with E-state index in [0.29, 0.717) is 25.7 Å². The summed E-state index contributed by atoms with van der Waals surface area (Å²) >= 11 is 0. The molecule has 0 radical (unpaired) electrons. The molecule has 0 aliphatic rings. The molecule has 0 bridgehead atoms. The molecule has 2 unspecified atom stereocenters. The van der Waals surface area contributed by atoms with Gasteiger partial charge in [-0.15, -0.1) is 0 Å². The van der Waals surface area contributed by atoms with E-state index >= 15 is 0 Å². The molecule has 0 aromatic carbocycles. The van der Waals surface area contributed by atoms with Crippen molar-refractivity contribution in [2.45, 2.75) is 367 Å². The van der Waals surface area contributed by atoms with Crippen LogP contribution in [0.25, 0.3) is 0 Å². The quantitative estimate of drug-likeness (QED) is 0.0128. The van der Waals surface area contributed by atoms with Crippen LogP contribution in [0.1, 0.15) is 349 Å². The highest BCUT2D eigenvalue weighted by atomic mass is 31.2. The Morgan fingerprint density at radius 2 is 0.520 bits per heavy atom. The number of esters is 4. The van der Waals surface area contributed by atoms with Crippen molar-refractivity contribution in [1.29, 1.82) is 0 Å². The van der Waals surface area contributed by atoms with Gasteiger partial charge in [-0.2, -0.15) is 0 Å². The topological polar surface area (TPSA) is 237 Å². The van der Waals surface area contributed by atoms with Crippen LogP contribution in [0.5, 0.6) is 0 Å². The Hall–Kier alpha value is -3.76. The molecule has 0 amide bonds. The van der Waals surface area contributed by atoms with Crippen molar-refractivity contribution < 1.29 is 80.2 Å². The van der Waals surface area contributed by atoms with E-state index in [1.165, 1.54) is 109 Å². The number of aliphatic hydroxyl groups excluding tert-OH is 1. The number of phosphoric ester groups is 2. The number of rotatable bonds is 75. The van der Waals surface area contributed by atoms with Crippen LogP contribution >= 0.6 is 15.6 Å². The number of carbonyl (C=O) groups is 4.